The topological polar surface area (TPSA) is 12.0 Å². The van der Waals surface area contributed by atoms with E-state index in [0.29, 0.717) is 6.42 Å². The first-order chi connectivity index (χ1) is 3.81. The maximum atomic E-state index is 4.97. The third-order valence-electron chi connectivity index (χ3n) is 0.622. The Hall–Kier alpha value is -1.16. The number of terminal acetylenes is 1. The summed E-state index contributed by atoms with van der Waals surface area (Å²) in [5.41, 5.74) is 0.808. The molecule has 0 aromatic rings. The molecule has 1 nitrogen and oxygen atoms in total. The minimum atomic E-state index is 0.562. The smallest absolute Gasteiger partial charge is 0.0482 e. The summed E-state index contributed by atoms with van der Waals surface area (Å²) < 4.78 is 0. The molecule has 0 radical (unpaired) electrons. The van der Waals surface area contributed by atoms with Crippen LogP contribution in [-0.2, 0) is 0 Å². The van der Waals surface area contributed by atoms with Crippen LogP contribution in [0.25, 0.3) is 0 Å². The van der Waals surface area contributed by atoms with Crippen molar-refractivity contribution in [2.75, 3.05) is 0 Å². The molecule has 0 aromatic carbocycles. The molecule has 0 unspecified atom stereocenters. The monoisotopic (exact) mass is 107 g/mol. The van der Waals surface area contributed by atoms with Crippen molar-refractivity contribution in [3.63, 3.8) is 0 Å². The average Bonchev–Trinajstić information content (AvgIpc) is 1.68. The van der Waals surface area contributed by atoms with E-state index in [1.54, 1.807) is 6.20 Å². The molecule has 0 spiro atoms. The van der Waals surface area contributed by atoms with E-state index in [1.807, 2.05) is 0 Å². The molecule has 0 aliphatic carbocycles. The van der Waals surface area contributed by atoms with Gasteiger partial charge in [0.1, 0.15) is 0 Å². The zero-order valence-corrected chi connectivity index (χ0v) is 4.78. The standard InChI is InChI=1S/C7H9N/c1-4-6-7(3)8-5-2/h1,5,8H,2-3,6H2. The van der Waals surface area contributed by atoms with Gasteiger partial charge in [-0.25, -0.2) is 0 Å². The fourth-order valence-electron chi connectivity index (χ4n) is 0.319. The second kappa shape index (κ2) is 4.01. The minimum Gasteiger partial charge on any atom is -0.365 e. The lowest BCUT2D eigenvalue weighted by Gasteiger charge is -1.96. The summed E-state index contributed by atoms with van der Waals surface area (Å²) in [5, 5.41) is 2.77. The Balaban J connectivity index is 3.36. The van der Waals surface area contributed by atoms with Gasteiger partial charge in [0.25, 0.3) is 0 Å². The molecule has 0 atom stereocenters. The molecular weight excluding hydrogens is 98.1 g/mol. The molecule has 8 heavy (non-hydrogen) atoms. The first-order valence-corrected chi connectivity index (χ1v) is 2.30. The molecule has 0 aliphatic rings. The van der Waals surface area contributed by atoms with Crippen LogP contribution in [0.3, 0.4) is 0 Å². The number of hydrogen-bond donors (Lipinski definition) is 1. The third kappa shape index (κ3) is 3.05. The van der Waals surface area contributed by atoms with Crippen molar-refractivity contribution in [2.24, 2.45) is 0 Å². The minimum absolute atomic E-state index is 0.562. The Morgan fingerprint density at radius 3 is 2.88 bits per heavy atom. The van der Waals surface area contributed by atoms with Gasteiger partial charge in [-0.05, 0) is 6.20 Å². The van der Waals surface area contributed by atoms with E-state index in [4.69, 9.17) is 6.42 Å². The van der Waals surface area contributed by atoms with Gasteiger partial charge in [-0.3, -0.25) is 0 Å². The van der Waals surface area contributed by atoms with Crippen LogP contribution < -0.4 is 5.32 Å². The molecule has 0 fully saturated rings. The van der Waals surface area contributed by atoms with E-state index in [1.165, 1.54) is 0 Å². The highest BCUT2D eigenvalue weighted by atomic mass is 14.8. The molecular formula is C7H9N. The Bertz CT molecular complexity index is 128. The van der Waals surface area contributed by atoms with Gasteiger partial charge in [-0.2, -0.15) is 0 Å². The Morgan fingerprint density at radius 1 is 1.88 bits per heavy atom. The highest BCUT2D eigenvalue weighted by Gasteiger charge is 1.80. The Morgan fingerprint density at radius 2 is 2.50 bits per heavy atom. The maximum Gasteiger partial charge on any atom is 0.0482 e. The lowest BCUT2D eigenvalue weighted by atomic mass is 10.3. The predicted molar refractivity (Wildman–Crippen MR) is 35.9 cm³/mol. The van der Waals surface area contributed by atoms with Crippen molar-refractivity contribution in [3.05, 3.63) is 25.1 Å². The fraction of sp³-hybridized carbons (Fsp3) is 0.143. The fourth-order valence-corrected chi connectivity index (χ4v) is 0.319. The molecule has 0 amide bonds. The van der Waals surface area contributed by atoms with Crippen LogP contribution in [0.5, 0.6) is 0 Å². The predicted octanol–water partition coefficient (Wildman–Crippen LogP) is 1.26. The van der Waals surface area contributed by atoms with Crippen molar-refractivity contribution in [3.8, 4) is 12.3 Å². The molecule has 0 bridgehead atoms. The summed E-state index contributed by atoms with van der Waals surface area (Å²) in [6.45, 7) is 7.05. The lowest BCUT2D eigenvalue weighted by Crippen LogP contribution is -2.00. The van der Waals surface area contributed by atoms with Crippen molar-refractivity contribution in [1.29, 1.82) is 0 Å². The van der Waals surface area contributed by atoms with Gasteiger partial charge in [0.2, 0.25) is 0 Å². The van der Waals surface area contributed by atoms with Crippen molar-refractivity contribution in [2.45, 2.75) is 6.42 Å². The van der Waals surface area contributed by atoms with Crippen molar-refractivity contribution < 1.29 is 0 Å². The van der Waals surface area contributed by atoms with Crippen LogP contribution in [0.15, 0.2) is 25.1 Å². The van der Waals surface area contributed by atoms with Crippen LogP contribution >= 0.6 is 0 Å². The number of hydrogen-bond acceptors (Lipinski definition) is 1. The highest BCUT2D eigenvalue weighted by molar-refractivity contribution is 5.05. The van der Waals surface area contributed by atoms with Gasteiger partial charge in [-0.15, -0.1) is 12.3 Å². The SMILES string of the molecule is C#CCC(=C)NC=C. The van der Waals surface area contributed by atoms with E-state index in [9.17, 15) is 0 Å². The maximum absolute atomic E-state index is 4.97. The van der Waals surface area contributed by atoms with Crippen LogP contribution in [0.1, 0.15) is 6.42 Å². The zero-order chi connectivity index (χ0) is 6.41. The van der Waals surface area contributed by atoms with Crippen molar-refractivity contribution in [1.82, 2.24) is 5.32 Å². The molecule has 0 aliphatic heterocycles. The summed E-state index contributed by atoms with van der Waals surface area (Å²) in [7, 11) is 0. The first-order valence-electron chi connectivity index (χ1n) is 2.30. The molecule has 0 saturated heterocycles. The van der Waals surface area contributed by atoms with Gasteiger partial charge in [0, 0.05) is 12.1 Å². The van der Waals surface area contributed by atoms with Crippen LogP contribution in [0, 0.1) is 12.3 Å². The van der Waals surface area contributed by atoms with Gasteiger partial charge in [-0.1, -0.05) is 13.2 Å². The second-order valence-corrected chi connectivity index (χ2v) is 1.33. The van der Waals surface area contributed by atoms with E-state index in [0.717, 1.165) is 5.70 Å². The molecule has 1 heteroatoms. The quantitative estimate of drug-likeness (QED) is 0.535. The summed E-state index contributed by atoms with van der Waals surface area (Å²) in [4.78, 5) is 0. The zero-order valence-electron chi connectivity index (χ0n) is 4.78. The first kappa shape index (κ1) is 6.84. The van der Waals surface area contributed by atoms with E-state index < -0.39 is 0 Å². The van der Waals surface area contributed by atoms with Crippen LogP contribution in [0.2, 0.25) is 0 Å². The summed E-state index contributed by atoms with van der Waals surface area (Å²) >= 11 is 0. The van der Waals surface area contributed by atoms with Crippen molar-refractivity contribution >= 4 is 0 Å². The molecule has 0 saturated carbocycles. The van der Waals surface area contributed by atoms with E-state index in [-0.39, 0.29) is 0 Å². The van der Waals surface area contributed by atoms with Crippen LogP contribution in [-0.4, -0.2) is 0 Å². The largest absolute Gasteiger partial charge is 0.365 e. The average molecular weight is 107 g/mol. The second-order valence-electron chi connectivity index (χ2n) is 1.33. The molecule has 1 N–H and O–H groups in total. The molecule has 0 aromatic heterocycles. The van der Waals surface area contributed by atoms with Gasteiger partial charge in [0.05, 0.1) is 0 Å². The van der Waals surface area contributed by atoms with Gasteiger partial charge in [0.15, 0.2) is 0 Å². The Kier molecular flexibility index (Phi) is 3.43. The van der Waals surface area contributed by atoms with E-state index in [2.05, 4.69) is 24.4 Å². The molecule has 0 heterocycles. The molecule has 42 valence electrons. The third-order valence-corrected chi connectivity index (χ3v) is 0.622. The van der Waals surface area contributed by atoms with E-state index >= 15 is 0 Å². The number of nitrogens with one attached hydrogen (secondary N) is 1. The summed E-state index contributed by atoms with van der Waals surface area (Å²) in [6, 6.07) is 0. The van der Waals surface area contributed by atoms with Gasteiger partial charge < -0.3 is 5.32 Å². The lowest BCUT2D eigenvalue weighted by molar-refractivity contribution is 1.02. The van der Waals surface area contributed by atoms with Crippen LogP contribution in [0.4, 0.5) is 0 Å². The number of rotatable bonds is 3. The summed E-state index contributed by atoms with van der Waals surface area (Å²) in [5.74, 6) is 2.44. The van der Waals surface area contributed by atoms with Gasteiger partial charge >= 0.3 is 0 Å². The number of allylic oxidation sites excluding steroid dienone is 1. The Labute approximate surface area is 50.1 Å². The normalized spacial score (nSPS) is 6.88. The summed E-state index contributed by atoms with van der Waals surface area (Å²) in [6.07, 6.45) is 7.09. The molecule has 0 rings (SSSR count). The highest BCUT2D eigenvalue weighted by Crippen LogP contribution is 1.87.